The van der Waals surface area contributed by atoms with E-state index < -0.39 is 0 Å². The number of piperidine rings is 1. The van der Waals surface area contributed by atoms with Crippen LogP contribution in [-0.4, -0.2) is 35.3 Å². The molecule has 0 aromatic heterocycles. The monoisotopic (exact) mass is 306 g/mol. The summed E-state index contributed by atoms with van der Waals surface area (Å²) in [6.45, 7) is 5.21. The second-order valence-corrected chi connectivity index (χ2v) is 7.94. The van der Waals surface area contributed by atoms with Crippen molar-refractivity contribution in [3.05, 3.63) is 0 Å². The van der Waals surface area contributed by atoms with E-state index in [2.05, 4.69) is 24.1 Å². The number of carbonyl (C=O) groups is 2. The van der Waals surface area contributed by atoms with Crippen molar-refractivity contribution in [3.8, 4) is 0 Å². The van der Waals surface area contributed by atoms with E-state index in [9.17, 15) is 9.59 Å². The zero-order valence-electron chi connectivity index (χ0n) is 14.1. The molecule has 2 amide bonds. The Kier molecular flexibility index (Phi) is 4.47. The molecule has 4 nitrogen and oxygen atoms in total. The van der Waals surface area contributed by atoms with E-state index in [1.807, 2.05) is 0 Å². The fraction of sp³-hybridized carbons (Fsp3) is 0.889. The molecule has 22 heavy (non-hydrogen) atoms. The van der Waals surface area contributed by atoms with Crippen LogP contribution in [-0.2, 0) is 9.59 Å². The maximum absolute atomic E-state index is 12.9. The summed E-state index contributed by atoms with van der Waals surface area (Å²) in [6, 6.07) is 0.547. The normalized spacial score (nSPS) is 32.0. The second-order valence-electron chi connectivity index (χ2n) is 7.94. The lowest BCUT2D eigenvalue weighted by Crippen LogP contribution is -2.62. The van der Waals surface area contributed by atoms with Crippen molar-refractivity contribution in [3.63, 3.8) is 0 Å². The molecule has 0 unspecified atom stereocenters. The van der Waals surface area contributed by atoms with Gasteiger partial charge in [0.05, 0.1) is 5.41 Å². The van der Waals surface area contributed by atoms with E-state index in [1.54, 1.807) is 0 Å². The number of carbonyl (C=O) groups excluding carboxylic acids is 2. The minimum atomic E-state index is -0.300. The molecule has 1 aliphatic heterocycles. The van der Waals surface area contributed by atoms with Crippen molar-refractivity contribution in [1.29, 1.82) is 0 Å². The number of likely N-dealkylation sites (tertiary alicyclic amines) is 1. The number of fused-ring (bicyclic) bond motifs is 1. The summed E-state index contributed by atoms with van der Waals surface area (Å²) in [4.78, 5) is 27.5. The molecule has 124 valence electrons. The van der Waals surface area contributed by atoms with Crippen LogP contribution in [0.1, 0.15) is 71.6 Å². The van der Waals surface area contributed by atoms with Crippen molar-refractivity contribution < 1.29 is 9.59 Å². The average Bonchev–Trinajstić information content (AvgIpc) is 3.30. The molecular weight excluding hydrogens is 276 g/mol. The van der Waals surface area contributed by atoms with Gasteiger partial charge in [0.15, 0.2) is 0 Å². The molecule has 0 spiro atoms. The highest BCUT2D eigenvalue weighted by Gasteiger charge is 2.53. The first-order valence-corrected chi connectivity index (χ1v) is 9.13. The molecule has 3 fully saturated rings. The summed E-state index contributed by atoms with van der Waals surface area (Å²) in [7, 11) is 0. The van der Waals surface area contributed by atoms with Gasteiger partial charge in [-0.3, -0.25) is 9.59 Å². The van der Waals surface area contributed by atoms with Crippen LogP contribution < -0.4 is 5.32 Å². The third-order valence-corrected chi connectivity index (χ3v) is 5.78. The molecule has 4 heteroatoms. The molecule has 1 saturated heterocycles. The zero-order chi connectivity index (χ0) is 15.7. The van der Waals surface area contributed by atoms with Crippen LogP contribution in [0.25, 0.3) is 0 Å². The topological polar surface area (TPSA) is 49.4 Å². The molecule has 3 aliphatic rings. The lowest BCUT2D eigenvalue weighted by atomic mass is 9.64. The molecule has 0 radical (unpaired) electrons. The minimum Gasteiger partial charge on any atom is -0.353 e. The molecule has 1 N–H and O–H groups in total. The lowest BCUT2D eigenvalue weighted by molar-refractivity contribution is -0.155. The smallest absolute Gasteiger partial charge is 0.228 e. The summed E-state index contributed by atoms with van der Waals surface area (Å²) >= 11 is 0. The third-order valence-electron chi connectivity index (χ3n) is 5.78. The van der Waals surface area contributed by atoms with Crippen LogP contribution >= 0.6 is 0 Å². The number of hydrogen-bond donors (Lipinski definition) is 1. The van der Waals surface area contributed by atoms with Crippen molar-refractivity contribution in [2.24, 2.45) is 11.3 Å². The lowest BCUT2D eigenvalue weighted by Gasteiger charge is -2.51. The molecule has 2 aliphatic carbocycles. The average molecular weight is 306 g/mol. The summed E-state index contributed by atoms with van der Waals surface area (Å²) in [5, 5.41) is 3.24. The predicted molar refractivity (Wildman–Crippen MR) is 86.3 cm³/mol. The van der Waals surface area contributed by atoms with Gasteiger partial charge >= 0.3 is 0 Å². The van der Waals surface area contributed by atoms with Crippen molar-refractivity contribution in [2.75, 3.05) is 6.54 Å². The molecule has 0 aromatic carbocycles. The van der Waals surface area contributed by atoms with E-state index in [4.69, 9.17) is 0 Å². The first kappa shape index (κ1) is 15.8. The molecule has 3 rings (SSSR count). The Morgan fingerprint density at radius 3 is 2.73 bits per heavy atom. The maximum atomic E-state index is 12.9. The Bertz CT molecular complexity index is 444. The van der Waals surface area contributed by atoms with Gasteiger partial charge in [0.25, 0.3) is 0 Å². The number of nitrogens with one attached hydrogen (secondary N) is 1. The number of hydrogen-bond acceptors (Lipinski definition) is 2. The molecule has 1 heterocycles. The van der Waals surface area contributed by atoms with E-state index in [0.717, 1.165) is 57.9 Å². The number of amides is 2. The van der Waals surface area contributed by atoms with Crippen LogP contribution in [0.4, 0.5) is 0 Å². The van der Waals surface area contributed by atoms with Crippen molar-refractivity contribution >= 4 is 11.8 Å². The van der Waals surface area contributed by atoms with Gasteiger partial charge in [-0.1, -0.05) is 26.7 Å². The Morgan fingerprint density at radius 1 is 1.27 bits per heavy atom. The summed E-state index contributed by atoms with van der Waals surface area (Å²) in [6.07, 6.45) is 8.83. The van der Waals surface area contributed by atoms with Gasteiger partial charge < -0.3 is 10.2 Å². The van der Waals surface area contributed by atoms with Gasteiger partial charge in [0.2, 0.25) is 11.8 Å². The summed E-state index contributed by atoms with van der Waals surface area (Å²) in [5.74, 6) is 1.09. The summed E-state index contributed by atoms with van der Waals surface area (Å²) in [5.41, 5.74) is -0.300. The highest BCUT2D eigenvalue weighted by Crippen LogP contribution is 2.47. The molecule has 2 saturated carbocycles. The van der Waals surface area contributed by atoms with E-state index in [0.29, 0.717) is 18.4 Å². The molecule has 0 bridgehead atoms. The zero-order valence-corrected chi connectivity index (χ0v) is 14.1. The Labute approximate surface area is 134 Å². The van der Waals surface area contributed by atoms with Gasteiger partial charge in [0.1, 0.15) is 0 Å². The summed E-state index contributed by atoms with van der Waals surface area (Å²) < 4.78 is 0. The SMILES string of the molecule is CC(C)CCN1C(=O)CC[C@]2(C(=O)NC3CC3)CCCC[C@@H]12. The predicted octanol–water partition coefficient (Wildman–Crippen LogP) is 2.86. The van der Waals surface area contributed by atoms with Crippen molar-refractivity contribution in [2.45, 2.75) is 83.7 Å². The van der Waals surface area contributed by atoms with Gasteiger partial charge in [-0.25, -0.2) is 0 Å². The van der Waals surface area contributed by atoms with Crippen LogP contribution in [0.5, 0.6) is 0 Å². The first-order chi connectivity index (χ1) is 10.5. The largest absolute Gasteiger partial charge is 0.353 e. The highest BCUT2D eigenvalue weighted by molar-refractivity contribution is 5.88. The Balaban J connectivity index is 1.79. The minimum absolute atomic E-state index is 0.139. The van der Waals surface area contributed by atoms with Crippen molar-refractivity contribution in [1.82, 2.24) is 10.2 Å². The molecule has 2 atom stereocenters. The van der Waals surface area contributed by atoms with Gasteiger partial charge in [-0.05, 0) is 44.4 Å². The molecular formula is C18H30N2O2. The highest BCUT2D eigenvalue weighted by atomic mass is 16.2. The van der Waals surface area contributed by atoms with Crippen LogP contribution in [0.15, 0.2) is 0 Å². The Hall–Kier alpha value is -1.06. The van der Waals surface area contributed by atoms with E-state index >= 15 is 0 Å². The maximum Gasteiger partial charge on any atom is 0.228 e. The Morgan fingerprint density at radius 2 is 2.05 bits per heavy atom. The number of rotatable bonds is 5. The third kappa shape index (κ3) is 3.02. The van der Waals surface area contributed by atoms with Crippen LogP contribution in [0.3, 0.4) is 0 Å². The fourth-order valence-electron chi connectivity index (χ4n) is 4.23. The van der Waals surface area contributed by atoms with Crippen LogP contribution in [0.2, 0.25) is 0 Å². The second kappa shape index (κ2) is 6.21. The number of nitrogens with zero attached hydrogens (tertiary/aromatic N) is 1. The quantitative estimate of drug-likeness (QED) is 0.849. The molecule has 0 aromatic rings. The van der Waals surface area contributed by atoms with Gasteiger partial charge in [-0.15, -0.1) is 0 Å². The fourth-order valence-corrected chi connectivity index (χ4v) is 4.23. The van der Waals surface area contributed by atoms with E-state index in [-0.39, 0.29) is 23.3 Å². The van der Waals surface area contributed by atoms with E-state index in [1.165, 1.54) is 0 Å². The van der Waals surface area contributed by atoms with Gasteiger partial charge in [0, 0.05) is 25.0 Å². The van der Waals surface area contributed by atoms with Gasteiger partial charge in [-0.2, -0.15) is 0 Å². The van der Waals surface area contributed by atoms with Crippen LogP contribution in [0, 0.1) is 11.3 Å². The first-order valence-electron chi connectivity index (χ1n) is 9.13. The standard InChI is InChI=1S/C18H30N2O2/c1-13(2)9-12-20-15-5-3-4-10-18(15,11-8-16(20)21)17(22)19-14-6-7-14/h13-15H,3-12H2,1-2H3,(H,19,22)/t15-,18-/m1/s1.